The lowest BCUT2D eigenvalue weighted by Gasteiger charge is -2.27. The Morgan fingerprint density at radius 1 is 1.03 bits per heavy atom. The van der Waals surface area contributed by atoms with Crippen molar-refractivity contribution in [2.45, 2.75) is 49.3 Å². The maximum Gasteiger partial charge on any atom is 0.224 e. The first-order valence-electron chi connectivity index (χ1n) is 10.1. The van der Waals surface area contributed by atoms with Crippen LogP contribution in [0.1, 0.15) is 38.2 Å². The lowest BCUT2D eigenvalue weighted by atomic mass is 10.1. The number of carbonyl (C=O) groups excluding carboxylic acids is 1. The molecule has 2 aromatic carbocycles. The highest BCUT2D eigenvalue weighted by molar-refractivity contribution is 7.91. The van der Waals surface area contributed by atoms with E-state index in [1.54, 1.807) is 31.2 Å². The van der Waals surface area contributed by atoms with E-state index < -0.39 is 9.84 Å². The Balaban J connectivity index is 2.64. The second-order valence-electron chi connectivity index (χ2n) is 7.00. The van der Waals surface area contributed by atoms with Gasteiger partial charge in [0.15, 0.2) is 0 Å². The van der Waals surface area contributed by atoms with E-state index in [0.29, 0.717) is 30.8 Å². The molecule has 0 atom stereocenters. The minimum Gasteiger partial charge on any atom is -0.369 e. The molecule has 0 aliphatic rings. The Kier molecular flexibility index (Phi) is 8.60. The van der Waals surface area contributed by atoms with Crippen LogP contribution in [0.5, 0.6) is 0 Å². The van der Waals surface area contributed by atoms with Gasteiger partial charge in [-0.3, -0.25) is 4.79 Å². The van der Waals surface area contributed by atoms with Gasteiger partial charge in [0.25, 0.3) is 0 Å². The Hall–Kier alpha value is -3.36. The molecular weight excluding hydrogens is 412 g/mol. The summed E-state index contributed by atoms with van der Waals surface area (Å²) in [7, 11) is -3.87. The number of anilines is 2. The number of nitrogens with one attached hydrogen (secondary N) is 1. The Morgan fingerprint density at radius 3 is 2.19 bits per heavy atom. The fraction of sp³-hybridized carbons (Fsp3) is 0.348. The summed E-state index contributed by atoms with van der Waals surface area (Å²) in [5.41, 5.74) is 1.50. The summed E-state index contributed by atoms with van der Waals surface area (Å²) < 4.78 is 26.6. The van der Waals surface area contributed by atoms with E-state index in [1.165, 1.54) is 18.2 Å². The number of benzene rings is 2. The van der Waals surface area contributed by atoms with E-state index in [1.807, 2.05) is 11.8 Å². The monoisotopic (exact) mass is 438 g/mol. The van der Waals surface area contributed by atoms with Crippen LogP contribution in [0, 0.1) is 29.6 Å². The molecule has 0 saturated carbocycles. The van der Waals surface area contributed by atoms with Crippen LogP contribution >= 0.6 is 0 Å². The second-order valence-corrected chi connectivity index (χ2v) is 8.92. The van der Waals surface area contributed by atoms with Gasteiger partial charge in [0.2, 0.25) is 15.7 Å². The van der Waals surface area contributed by atoms with E-state index in [0.717, 1.165) is 0 Å². The molecular formula is C23H26N4O3S. The van der Waals surface area contributed by atoms with Gasteiger partial charge in [-0.1, -0.05) is 25.1 Å². The standard InChI is InChI=1S/C23H26N4O3S/c1-3-9-22(28)26-23-18(2)20(27(16-7-14-24)17-8-15-25)12-13-21(23)31(29,30)19-10-5-4-6-11-19/h4-6,10-13H,3,7-9,16-17H2,1-2H3,(H,26,28). The van der Waals surface area contributed by atoms with Crippen molar-refractivity contribution in [3.63, 3.8) is 0 Å². The summed E-state index contributed by atoms with van der Waals surface area (Å²) in [5, 5.41) is 20.8. The third kappa shape index (κ3) is 5.84. The quantitative estimate of drug-likeness (QED) is 0.594. The van der Waals surface area contributed by atoms with Crippen molar-refractivity contribution in [2.75, 3.05) is 23.3 Å². The minimum atomic E-state index is -3.87. The van der Waals surface area contributed by atoms with Gasteiger partial charge in [0, 0.05) is 25.2 Å². The van der Waals surface area contributed by atoms with Gasteiger partial charge in [-0.25, -0.2) is 8.42 Å². The topological polar surface area (TPSA) is 114 Å². The molecule has 0 saturated heterocycles. The highest BCUT2D eigenvalue weighted by Gasteiger charge is 2.26. The van der Waals surface area contributed by atoms with Gasteiger partial charge in [-0.2, -0.15) is 10.5 Å². The molecule has 0 spiro atoms. The minimum absolute atomic E-state index is 0.0184. The summed E-state index contributed by atoms with van der Waals surface area (Å²) in [4.78, 5) is 14.4. The Bertz CT molecular complexity index is 1080. The van der Waals surface area contributed by atoms with E-state index in [9.17, 15) is 13.2 Å². The van der Waals surface area contributed by atoms with Gasteiger partial charge < -0.3 is 10.2 Å². The van der Waals surface area contributed by atoms with Crippen molar-refractivity contribution in [1.29, 1.82) is 10.5 Å². The van der Waals surface area contributed by atoms with Gasteiger partial charge in [0.05, 0.1) is 40.5 Å². The third-order valence-electron chi connectivity index (χ3n) is 4.81. The molecule has 0 bridgehead atoms. The number of carbonyl (C=O) groups is 1. The van der Waals surface area contributed by atoms with Crippen LogP contribution in [0.4, 0.5) is 11.4 Å². The highest BCUT2D eigenvalue weighted by atomic mass is 32.2. The predicted molar refractivity (Wildman–Crippen MR) is 119 cm³/mol. The summed E-state index contributed by atoms with van der Waals surface area (Å²) in [6.07, 6.45) is 1.40. The van der Waals surface area contributed by atoms with E-state index in [-0.39, 0.29) is 40.6 Å². The molecule has 1 N–H and O–H groups in total. The van der Waals surface area contributed by atoms with E-state index in [4.69, 9.17) is 10.5 Å². The van der Waals surface area contributed by atoms with Crippen molar-refractivity contribution < 1.29 is 13.2 Å². The zero-order valence-corrected chi connectivity index (χ0v) is 18.6. The fourth-order valence-electron chi connectivity index (χ4n) is 3.28. The normalized spacial score (nSPS) is 10.7. The molecule has 2 rings (SSSR count). The first kappa shape index (κ1) is 23.9. The zero-order valence-electron chi connectivity index (χ0n) is 17.8. The van der Waals surface area contributed by atoms with Crippen molar-refractivity contribution in [1.82, 2.24) is 0 Å². The highest BCUT2D eigenvalue weighted by Crippen LogP contribution is 2.36. The summed E-state index contributed by atoms with van der Waals surface area (Å²) in [5.74, 6) is -0.270. The van der Waals surface area contributed by atoms with E-state index in [2.05, 4.69) is 17.5 Å². The van der Waals surface area contributed by atoms with Crippen LogP contribution in [-0.2, 0) is 14.6 Å². The van der Waals surface area contributed by atoms with Crippen molar-refractivity contribution in [3.05, 3.63) is 48.0 Å². The average molecular weight is 439 g/mol. The number of hydrogen-bond donors (Lipinski definition) is 1. The largest absolute Gasteiger partial charge is 0.369 e. The van der Waals surface area contributed by atoms with Gasteiger partial charge in [0.1, 0.15) is 0 Å². The second kappa shape index (κ2) is 11.1. The molecule has 31 heavy (non-hydrogen) atoms. The molecule has 0 aliphatic heterocycles. The van der Waals surface area contributed by atoms with Gasteiger partial charge in [-0.05, 0) is 43.2 Å². The fourth-order valence-corrected chi connectivity index (χ4v) is 4.77. The van der Waals surface area contributed by atoms with Gasteiger partial charge >= 0.3 is 0 Å². The third-order valence-corrected chi connectivity index (χ3v) is 6.62. The van der Waals surface area contributed by atoms with Gasteiger partial charge in [-0.15, -0.1) is 0 Å². The molecule has 0 radical (unpaired) electrons. The van der Waals surface area contributed by atoms with Crippen LogP contribution in [0.25, 0.3) is 0 Å². The summed E-state index contributed by atoms with van der Waals surface area (Å²) >= 11 is 0. The number of amides is 1. The van der Waals surface area contributed by atoms with Crippen LogP contribution in [0.2, 0.25) is 0 Å². The molecule has 0 aromatic heterocycles. The average Bonchev–Trinajstić information content (AvgIpc) is 2.76. The smallest absolute Gasteiger partial charge is 0.224 e. The maximum atomic E-state index is 13.3. The summed E-state index contributed by atoms with van der Waals surface area (Å²) in [6, 6.07) is 15.4. The molecule has 7 nitrogen and oxygen atoms in total. The van der Waals surface area contributed by atoms with Crippen LogP contribution < -0.4 is 10.2 Å². The number of sulfone groups is 1. The molecule has 0 fully saturated rings. The van der Waals surface area contributed by atoms with Crippen LogP contribution in [0.15, 0.2) is 52.3 Å². The lowest BCUT2D eigenvalue weighted by molar-refractivity contribution is -0.116. The summed E-state index contributed by atoms with van der Waals surface area (Å²) in [6.45, 7) is 4.40. The van der Waals surface area contributed by atoms with Crippen molar-refractivity contribution in [3.8, 4) is 12.1 Å². The Morgan fingerprint density at radius 2 is 1.65 bits per heavy atom. The molecule has 2 aromatic rings. The predicted octanol–water partition coefficient (Wildman–Crippen LogP) is 4.20. The lowest BCUT2D eigenvalue weighted by Crippen LogP contribution is -2.27. The number of nitrogens with zero attached hydrogens (tertiary/aromatic N) is 3. The first-order valence-corrected chi connectivity index (χ1v) is 11.6. The van der Waals surface area contributed by atoms with Crippen LogP contribution in [0.3, 0.4) is 0 Å². The maximum absolute atomic E-state index is 13.3. The molecule has 0 aliphatic carbocycles. The van der Waals surface area contributed by atoms with Crippen LogP contribution in [-0.4, -0.2) is 27.4 Å². The number of hydrogen-bond acceptors (Lipinski definition) is 6. The zero-order chi connectivity index (χ0) is 22.9. The number of rotatable bonds is 10. The molecule has 0 heterocycles. The Labute approximate surface area is 183 Å². The van der Waals surface area contributed by atoms with Crippen molar-refractivity contribution >= 4 is 27.1 Å². The first-order chi connectivity index (χ1) is 14.9. The SMILES string of the molecule is CCCC(=O)Nc1c(S(=O)(=O)c2ccccc2)ccc(N(CCC#N)CCC#N)c1C. The van der Waals surface area contributed by atoms with E-state index >= 15 is 0 Å². The molecule has 162 valence electrons. The molecule has 0 unspecified atom stereocenters. The number of nitriles is 2. The molecule has 1 amide bonds. The van der Waals surface area contributed by atoms with Crippen molar-refractivity contribution in [2.24, 2.45) is 0 Å². The molecule has 8 heteroatoms.